The van der Waals surface area contributed by atoms with Crippen molar-refractivity contribution in [1.82, 2.24) is 4.98 Å². The van der Waals surface area contributed by atoms with Crippen LogP contribution in [0.2, 0.25) is 0 Å². The molecule has 0 atom stereocenters. The Morgan fingerprint density at radius 3 is 2.60 bits per heavy atom. The topological polar surface area (TPSA) is 99.5 Å². The van der Waals surface area contributed by atoms with Crippen LogP contribution in [0, 0.1) is 6.92 Å². The molecule has 1 amide bonds. The van der Waals surface area contributed by atoms with E-state index in [1.165, 1.54) is 24.4 Å². The van der Waals surface area contributed by atoms with Gasteiger partial charge in [-0.15, -0.1) is 0 Å². The number of benzene rings is 1. The van der Waals surface area contributed by atoms with Gasteiger partial charge >= 0.3 is 5.97 Å². The first-order valence-corrected chi connectivity index (χ1v) is 5.77. The van der Waals surface area contributed by atoms with E-state index in [2.05, 4.69) is 10.3 Å². The van der Waals surface area contributed by atoms with Crippen LogP contribution in [0.25, 0.3) is 0 Å². The number of carbonyl (C=O) groups excluding carboxylic acids is 1. The van der Waals surface area contributed by atoms with E-state index in [-0.39, 0.29) is 17.2 Å². The lowest BCUT2D eigenvalue weighted by atomic mass is 10.1. The molecule has 0 bridgehead atoms. The molecule has 0 saturated carbocycles. The van der Waals surface area contributed by atoms with Gasteiger partial charge in [0.2, 0.25) is 0 Å². The van der Waals surface area contributed by atoms with Crippen molar-refractivity contribution in [2.24, 2.45) is 0 Å². The summed E-state index contributed by atoms with van der Waals surface area (Å²) < 4.78 is 0. The highest BCUT2D eigenvalue weighted by molar-refractivity contribution is 6.05. The molecule has 1 aromatic heterocycles. The number of carbonyl (C=O) groups is 2. The van der Waals surface area contributed by atoms with Gasteiger partial charge in [-0.1, -0.05) is 0 Å². The quantitative estimate of drug-likeness (QED) is 0.742. The third-order valence-corrected chi connectivity index (χ3v) is 2.64. The molecule has 102 valence electrons. The van der Waals surface area contributed by atoms with Crippen molar-refractivity contribution in [3.8, 4) is 5.75 Å². The normalized spacial score (nSPS) is 10.1. The molecule has 1 heterocycles. The second kappa shape index (κ2) is 5.40. The Morgan fingerprint density at radius 1 is 1.20 bits per heavy atom. The number of carboxylic acid groups (broad SMARTS) is 1. The third-order valence-electron chi connectivity index (χ3n) is 2.64. The maximum atomic E-state index is 12.0. The minimum atomic E-state index is -1.27. The molecule has 0 aliphatic heterocycles. The van der Waals surface area contributed by atoms with Crippen LogP contribution >= 0.6 is 0 Å². The first-order chi connectivity index (χ1) is 9.47. The van der Waals surface area contributed by atoms with Gasteiger partial charge in [0, 0.05) is 23.1 Å². The summed E-state index contributed by atoms with van der Waals surface area (Å²) in [5.41, 5.74) is 1.14. The first-order valence-electron chi connectivity index (χ1n) is 5.77. The fraction of sp³-hybridized carbons (Fsp3) is 0.0714. The fourth-order valence-corrected chi connectivity index (χ4v) is 1.68. The number of pyridine rings is 1. The Balaban J connectivity index is 2.24. The third kappa shape index (κ3) is 2.92. The van der Waals surface area contributed by atoms with Gasteiger partial charge in [-0.3, -0.25) is 9.78 Å². The van der Waals surface area contributed by atoms with Crippen LogP contribution in [0.1, 0.15) is 26.4 Å². The SMILES string of the molecule is Cc1cc(C(=O)Nc2ccc(O)c(C(=O)O)c2)ccn1. The minimum Gasteiger partial charge on any atom is -0.507 e. The monoisotopic (exact) mass is 272 g/mol. The smallest absolute Gasteiger partial charge is 0.339 e. The summed E-state index contributed by atoms with van der Waals surface area (Å²) in [7, 11) is 0. The van der Waals surface area contributed by atoms with Crippen molar-refractivity contribution in [1.29, 1.82) is 0 Å². The van der Waals surface area contributed by atoms with Crippen LogP contribution < -0.4 is 5.32 Å². The van der Waals surface area contributed by atoms with Crippen LogP contribution in [-0.2, 0) is 0 Å². The number of carboxylic acids is 1. The van der Waals surface area contributed by atoms with Crippen molar-refractivity contribution >= 4 is 17.6 Å². The molecular weight excluding hydrogens is 260 g/mol. The molecule has 0 spiro atoms. The number of anilines is 1. The van der Waals surface area contributed by atoms with E-state index in [9.17, 15) is 14.7 Å². The zero-order valence-corrected chi connectivity index (χ0v) is 10.6. The van der Waals surface area contributed by atoms with Gasteiger partial charge in [-0.25, -0.2) is 4.79 Å². The molecule has 20 heavy (non-hydrogen) atoms. The Hall–Kier alpha value is -2.89. The lowest BCUT2D eigenvalue weighted by Gasteiger charge is -2.07. The molecule has 0 saturated heterocycles. The van der Waals surface area contributed by atoms with Crippen molar-refractivity contribution in [3.63, 3.8) is 0 Å². The summed E-state index contributed by atoms with van der Waals surface area (Å²) in [4.78, 5) is 26.9. The zero-order chi connectivity index (χ0) is 14.7. The summed E-state index contributed by atoms with van der Waals surface area (Å²) >= 11 is 0. The Kier molecular flexibility index (Phi) is 3.65. The van der Waals surface area contributed by atoms with E-state index >= 15 is 0 Å². The van der Waals surface area contributed by atoms with Crippen molar-refractivity contribution in [2.75, 3.05) is 5.32 Å². The lowest BCUT2D eigenvalue weighted by Crippen LogP contribution is -2.12. The van der Waals surface area contributed by atoms with Gasteiger partial charge in [-0.2, -0.15) is 0 Å². The molecule has 6 heteroatoms. The van der Waals surface area contributed by atoms with E-state index in [4.69, 9.17) is 5.11 Å². The molecule has 0 unspecified atom stereocenters. The second-order valence-electron chi connectivity index (χ2n) is 4.18. The molecule has 0 aliphatic carbocycles. The van der Waals surface area contributed by atoms with Gasteiger partial charge < -0.3 is 15.5 Å². The Labute approximate surface area is 114 Å². The van der Waals surface area contributed by atoms with E-state index in [1.54, 1.807) is 19.1 Å². The molecule has 3 N–H and O–H groups in total. The molecule has 6 nitrogen and oxygen atoms in total. The number of hydrogen-bond acceptors (Lipinski definition) is 4. The number of nitrogens with one attached hydrogen (secondary N) is 1. The van der Waals surface area contributed by atoms with Gasteiger partial charge in [0.1, 0.15) is 11.3 Å². The van der Waals surface area contributed by atoms with E-state index < -0.39 is 5.97 Å². The summed E-state index contributed by atoms with van der Waals surface area (Å²) in [6, 6.07) is 7.02. The van der Waals surface area contributed by atoms with Crippen molar-refractivity contribution in [3.05, 3.63) is 53.3 Å². The number of rotatable bonds is 3. The predicted octanol–water partition coefficient (Wildman–Crippen LogP) is 2.05. The molecule has 2 rings (SSSR count). The number of aromatic nitrogens is 1. The maximum absolute atomic E-state index is 12.0. The van der Waals surface area contributed by atoms with Gasteiger partial charge in [0.25, 0.3) is 5.91 Å². The molecule has 2 aromatic rings. The minimum absolute atomic E-state index is 0.270. The van der Waals surface area contributed by atoms with Gasteiger partial charge in [-0.05, 0) is 37.3 Å². The highest BCUT2D eigenvalue weighted by Gasteiger charge is 2.12. The van der Waals surface area contributed by atoms with E-state index in [0.29, 0.717) is 16.9 Å². The lowest BCUT2D eigenvalue weighted by molar-refractivity contribution is 0.0693. The largest absolute Gasteiger partial charge is 0.507 e. The van der Waals surface area contributed by atoms with E-state index in [0.717, 1.165) is 0 Å². The Bertz CT molecular complexity index is 683. The average molecular weight is 272 g/mol. The van der Waals surface area contributed by atoms with Gasteiger partial charge in [0.15, 0.2) is 0 Å². The number of amides is 1. The first kappa shape index (κ1) is 13.5. The summed E-state index contributed by atoms with van der Waals surface area (Å²) in [5.74, 6) is -1.99. The van der Waals surface area contributed by atoms with Crippen molar-refractivity contribution < 1.29 is 19.8 Å². The highest BCUT2D eigenvalue weighted by Crippen LogP contribution is 2.21. The van der Waals surface area contributed by atoms with Crippen LogP contribution in [-0.4, -0.2) is 27.1 Å². The predicted molar refractivity (Wildman–Crippen MR) is 72.0 cm³/mol. The standard InChI is InChI=1S/C14H12N2O4/c1-8-6-9(4-5-15-8)13(18)16-10-2-3-12(17)11(7-10)14(19)20/h2-7,17H,1H3,(H,16,18)(H,19,20). The van der Waals surface area contributed by atoms with E-state index in [1.807, 2.05) is 0 Å². The summed E-state index contributed by atoms with van der Waals surface area (Å²) in [5, 5.41) is 20.9. The summed E-state index contributed by atoms with van der Waals surface area (Å²) in [6.45, 7) is 1.76. The molecule has 1 aromatic carbocycles. The molecular formula is C14H12N2O4. The van der Waals surface area contributed by atoms with Crippen molar-refractivity contribution in [2.45, 2.75) is 6.92 Å². The molecule has 0 aliphatic rings. The van der Waals surface area contributed by atoms with Crippen LogP contribution in [0.3, 0.4) is 0 Å². The summed E-state index contributed by atoms with van der Waals surface area (Å²) in [6.07, 6.45) is 1.52. The van der Waals surface area contributed by atoms with Crippen LogP contribution in [0.5, 0.6) is 5.75 Å². The molecule has 0 radical (unpaired) electrons. The highest BCUT2D eigenvalue weighted by atomic mass is 16.4. The fourth-order valence-electron chi connectivity index (χ4n) is 1.68. The molecule has 0 fully saturated rings. The number of aromatic hydroxyl groups is 1. The number of aryl methyl sites for hydroxylation is 1. The second-order valence-corrected chi connectivity index (χ2v) is 4.18. The number of nitrogens with zero attached hydrogens (tertiary/aromatic N) is 1. The van der Waals surface area contributed by atoms with Crippen LogP contribution in [0.4, 0.5) is 5.69 Å². The average Bonchev–Trinajstić information content (AvgIpc) is 2.40. The number of hydrogen-bond donors (Lipinski definition) is 3. The Morgan fingerprint density at radius 2 is 1.95 bits per heavy atom. The van der Waals surface area contributed by atoms with Crippen LogP contribution in [0.15, 0.2) is 36.5 Å². The zero-order valence-electron chi connectivity index (χ0n) is 10.6. The van der Waals surface area contributed by atoms with Gasteiger partial charge in [0.05, 0.1) is 0 Å². The number of phenols is 1. The number of aromatic carboxylic acids is 1. The maximum Gasteiger partial charge on any atom is 0.339 e.